The molecular weight excluding hydrogens is 210 g/mol. The van der Waals surface area contributed by atoms with Gasteiger partial charge in [-0.3, -0.25) is 0 Å². The van der Waals surface area contributed by atoms with Crippen molar-refractivity contribution in [2.45, 2.75) is 46.2 Å². The van der Waals surface area contributed by atoms with Crippen LogP contribution in [0.4, 0.5) is 0 Å². The summed E-state index contributed by atoms with van der Waals surface area (Å²) in [6, 6.07) is 8.26. The third-order valence-corrected chi connectivity index (χ3v) is 2.91. The molecule has 0 aliphatic carbocycles. The fraction of sp³-hybridized carbons (Fsp3) is 0.467. The molecule has 0 spiro atoms. The summed E-state index contributed by atoms with van der Waals surface area (Å²) in [6.07, 6.45) is 1.01. The lowest BCUT2D eigenvalue weighted by Crippen LogP contribution is -2.35. The Morgan fingerprint density at radius 3 is 2.53 bits per heavy atom. The predicted molar refractivity (Wildman–Crippen MR) is 72.2 cm³/mol. The number of para-hydroxylation sites is 1. The predicted octanol–water partition coefficient (Wildman–Crippen LogP) is 3.88. The van der Waals surface area contributed by atoms with Gasteiger partial charge in [0.05, 0.1) is 6.54 Å². The van der Waals surface area contributed by atoms with Gasteiger partial charge in [-0.15, -0.1) is 0 Å². The van der Waals surface area contributed by atoms with E-state index in [-0.39, 0.29) is 5.54 Å². The quantitative estimate of drug-likeness (QED) is 0.867. The highest BCUT2D eigenvalue weighted by atomic mass is 16.3. The van der Waals surface area contributed by atoms with Gasteiger partial charge in [-0.2, -0.15) is 0 Å². The number of aryl methyl sites for hydroxylation is 1. The zero-order valence-electron chi connectivity index (χ0n) is 11.1. The van der Waals surface area contributed by atoms with E-state index in [1.165, 1.54) is 10.9 Å². The molecule has 0 aliphatic heterocycles. The second-order valence-electron chi connectivity index (χ2n) is 5.46. The maximum Gasteiger partial charge on any atom is 0.134 e. The first-order chi connectivity index (χ1) is 8.01. The Morgan fingerprint density at radius 2 is 1.88 bits per heavy atom. The Morgan fingerprint density at radius 1 is 1.18 bits per heavy atom. The first-order valence-corrected chi connectivity index (χ1v) is 6.25. The van der Waals surface area contributed by atoms with E-state index in [0.717, 1.165) is 24.3 Å². The topological polar surface area (TPSA) is 25.2 Å². The summed E-state index contributed by atoms with van der Waals surface area (Å²) in [5.74, 6) is 1.07. The Bertz CT molecular complexity index is 505. The molecule has 17 heavy (non-hydrogen) atoms. The molecule has 2 aromatic rings. The van der Waals surface area contributed by atoms with Gasteiger partial charge < -0.3 is 9.73 Å². The zero-order valence-corrected chi connectivity index (χ0v) is 11.1. The van der Waals surface area contributed by atoms with E-state index < -0.39 is 0 Å². The highest BCUT2D eigenvalue weighted by Gasteiger charge is 2.15. The second-order valence-corrected chi connectivity index (χ2v) is 5.46. The molecular formula is C15H21NO. The molecule has 2 heteroatoms. The minimum absolute atomic E-state index is 0.115. The Labute approximate surface area is 103 Å². The van der Waals surface area contributed by atoms with Gasteiger partial charge in [0.15, 0.2) is 0 Å². The minimum atomic E-state index is 0.115. The normalized spacial score (nSPS) is 12.2. The average molecular weight is 231 g/mol. The molecule has 1 heterocycles. The van der Waals surface area contributed by atoms with Crippen molar-refractivity contribution in [1.82, 2.24) is 5.32 Å². The number of nitrogens with one attached hydrogen (secondary N) is 1. The maximum absolute atomic E-state index is 5.92. The van der Waals surface area contributed by atoms with Crippen LogP contribution in [-0.2, 0) is 13.0 Å². The average Bonchev–Trinajstić information content (AvgIpc) is 2.63. The maximum atomic E-state index is 5.92. The van der Waals surface area contributed by atoms with Gasteiger partial charge in [0.2, 0.25) is 0 Å². The lowest BCUT2D eigenvalue weighted by Gasteiger charge is -2.19. The van der Waals surface area contributed by atoms with Crippen LogP contribution in [-0.4, -0.2) is 5.54 Å². The molecule has 0 aliphatic rings. The van der Waals surface area contributed by atoms with Crippen molar-refractivity contribution in [2.24, 2.45) is 0 Å². The van der Waals surface area contributed by atoms with E-state index >= 15 is 0 Å². The first-order valence-electron chi connectivity index (χ1n) is 6.25. The number of furan rings is 1. The second kappa shape index (κ2) is 4.53. The van der Waals surface area contributed by atoms with E-state index in [1.54, 1.807) is 0 Å². The number of hydrogen-bond donors (Lipinski definition) is 1. The van der Waals surface area contributed by atoms with Gasteiger partial charge in [0, 0.05) is 16.5 Å². The Balaban J connectivity index is 2.33. The van der Waals surface area contributed by atoms with Crippen molar-refractivity contribution in [1.29, 1.82) is 0 Å². The van der Waals surface area contributed by atoms with Crippen LogP contribution in [0, 0.1) is 0 Å². The Kier molecular flexibility index (Phi) is 3.25. The van der Waals surface area contributed by atoms with Gasteiger partial charge >= 0.3 is 0 Å². The van der Waals surface area contributed by atoms with Gasteiger partial charge in [0.25, 0.3) is 0 Å². The van der Waals surface area contributed by atoms with Crippen molar-refractivity contribution >= 4 is 11.0 Å². The summed E-state index contributed by atoms with van der Waals surface area (Å²) in [5.41, 5.74) is 2.44. The fourth-order valence-corrected chi connectivity index (χ4v) is 2.03. The van der Waals surface area contributed by atoms with Crippen LogP contribution in [0.5, 0.6) is 0 Å². The molecule has 0 saturated carbocycles. The van der Waals surface area contributed by atoms with Gasteiger partial charge in [-0.1, -0.05) is 25.1 Å². The van der Waals surface area contributed by atoms with Crippen LogP contribution >= 0.6 is 0 Å². The van der Waals surface area contributed by atoms with Crippen LogP contribution in [0.2, 0.25) is 0 Å². The van der Waals surface area contributed by atoms with Crippen LogP contribution < -0.4 is 5.32 Å². The summed E-state index contributed by atoms with van der Waals surface area (Å²) >= 11 is 0. The molecule has 0 bridgehead atoms. The van der Waals surface area contributed by atoms with E-state index in [1.807, 2.05) is 12.1 Å². The molecule has 92 valence electrons. The number of fused-ring (bicyclic) bond motifs is 1. The van der Waals surface area contributed by atoms with Crippen LogP contribution in [0.25, 0.3) is 11.0 Å². The van der Waals surface area contributed by atoms with E-state index in [4.69, 9.17) is 4.42 Å². The summed E-state index contributed by atoms with van der Waals surface area (Å²) in [7, 11) is 0. The summed E-state index contributed by atoms with van der Waals surface area (Å²) < 4.78 is 5.92. The molecule has 1 aromatic heterocycles. The van der Waals surface area contributed by atoms with Crippen LogP contribution in [0.15, 0.2) is 28.7 Å². The van der Waals surface area contributed by atoms with Gasteiger partial charge in [0.1, 0.15) is 11.3 Å². The van der Waals surface area contributed by atoms with Crippen molar-refractivity contribution < 1.29 is 4.42 Å². The molecule has 0 unspecified atom stereocenters. The highest BCUT2D eigenvalue weighted by molar-refractivity contribution is 5.82. The summed E-state index contributed by atoms with van der Waals surface area (Å²) in [4.78, 5) is 0. The third kappa shape index (κ3) is 2.70. The molecule has 2 nitrogen and oxygen atoms in total. The smallest absolute Gasteiger partial charge is 0.134 e. The van der Waals surface area contributed by atoms with Crippen molar-refractivity contribution in [3.63, 3.8) is 0 Å². The number of hydrogen-bond acceptors (Lipinski definition) is 2. The molecule has 2 rings (SSSR count). The third-order valence-electron chi connectivity index (χ3n) is 2.91. The van der Waals surface area contributed by atoms with Crippen molar-refractivity contribution in [2.75, 3.05) is 0 Å². The van der Waals surface area contributed by atoms with Crippen molar-refractivity contribution in [3.05, 3.63) is 35.6 Å². The van der Waals surface area contributed by atoms with E-state index in [0.29, 0.717) is 0 Å². The SMILES string of the molecule is CCc1c(CNC(C)(C)C)oc2ccccc12. The Hall–Kier alpha value is -1.28. The fourth-order valence-electron chi connectivity index (χ4n) is 2.03. The first kappa shape index (κ1) is 12.2. The largest absolute Gasteiger partial charge is 0.459 e. The zero-order chi connectivity index (χ0) is 12.5. The molecule has 1 N–H and O–H groups in total. The monoisotopic (exact) mass is 231 g/mol. The molecule has 0 radical (unpaired) electrons. The van der Waals surface area contributed by atoms with E-state index in [2.05, 4.69) is 45.1 Å². The van der Waals surface area contributed by atoms with Gasteiger partial charge in [-0.25, -0.2) is 0 Å². The molecule has 0 amide bonds. The van der Waals surface area contributed by atoms with Gasteiger partial charge in [-0.05, 0) is 33.3 Å². The molecule has 0 fully saturated rings. The molecule has 0 atom stereocenters. The molecule has 1 aromatic carbocycles. The van der Waals surface area contributed by atoms with E-state index in [9.17, 15) is 0 Å². The standard InChI is InChI=1S/C15H21NO/c1-5-11-12-8-6-7-9-13(12)17-14(11)10-16-15(2,3)4/h6-9,16H,5,10H2,1-4H3. The minimum Gasteiger partial charge on any atom is -0.459 e. The van der Waals surface area contributed by atoms with Crippen molar-refractivity contribution in [3.8, 4) is 0 Å². The highest BCUT2D eigenvalue weighted by Crippen LogP contribution is 2.26. The lowest BCUT2D eigenvalue weighted by atomic mass is 10.1. The summed E-state index contributed by atoms with van der Waals surface area (Å²) in [5, 5.41) is 4.73. The van der Waals surface area contributed by atoms with Crippen LogP contribution in [0.1, 0.15) is 39.0 Å². The number of benzene rings is 1. The summed E-state index contributed by atoms with van der Waals surface area (Å²) in [6.45, 7) is 9.48. The van der Waals surface area contributed by atoms with Crippen LogP contribution in [0.3, 0.4) is 0 Å². The number of rotatable bonds is 3. The molecule has 0 saturated heterocycles. The lowest BCUT2D eigenvalue weighted by molar-refractivity contribution is 0.393.